The van der Waals surface area contributed by atoms with Gasteiger partial charge in [0, 0.05) is 5.69 Å². The first-order valence-electron chi connectivity index (χ1n) is 5.02. The Morgan fingerprint density at radius 1 is 1.56 bits per heavy atom. The van der Waals surface area contributed by atoms with E-state index in [9.17, 15) is 4.79 Å². The van der Waals surface area contributed by atoms with Crippen molar-refractivity contribution in [3.05, 3.63) is 35.7 Å². The average molecular weight is 284 g/mol. The summed E-state index contributed by atoms with van der Waals surface area (Å²) in [6.07, 6.45) is 2.98. The lowest BCUT2D eigenvalue weighted by atomic mass is 10.3. The van der Waals surface area contributed by atoms with Crippen LogP contribution in [-0.2, 0) is 4.79 Å². The second kappa shape index (κ2) is 5.79. The topological polar surface area (TPSA) is 81.1 Å². The van der Waals surface area contributed by atoms with Gasteiger partial charge in [-0.25, -0.2) is 4.98 Å². The Morgan fingerprint density at radius 2 is 2.39 bits per heavy atom. The monoisotopic (exact) mass is 283 g/mol. The molecule has 1 amide bonds. The fourth-order valence-corrected chi connectivity index (χ4v) is 1.98. The molecule has 0 radical (unpaired) electrons. The summed E-state index contributed by atoms with van der Waals surface area (Å²) in [4.78, 5) is 15.6. The van der Waals surface area contributed by atoms with Crippen LogP contribution in [0.5, 0.6) is 0 Å². The molecule has 0 atom stereocenters. The zero-order valence-corrected chi connectivity index (χ0v) is 10.8. The molecule has 0 unspecified atom stereocenters. The molecule has 1 aromatic carbocycles. The molecule has 1 heterocycles. The molecule has 2 aromatic rings. The zero-order chi connectivity index (χ0) is 13.0. The second-order valence-electron chi connectivity index (χ2n) is 3.37. The maximum atomic E-state index is 11.7. The van der Waals surface area contributed by atoms with Crippen LogP contribution in [0.3, 0.4) is 0 Å². The quantitative estimate of drug-likeness (QED) is 0.666. The molecule has 0 fully saturated rings. The summed E-state index contributed by atoms with van der Waals surface area (Å²) in [5, 5.41) is 3.56. The van der Waals surface area contributed by atoms with Crippen molar-refractivity contribution in [2.75, 3.05) is 16.8 Å². The third kappa shape index (κ3) is 3.41. The number of benzene rings is 1. The minimum atomic E-state index is -0.203. The Labute approximate surface area is 113 Å². The Bertz CT molecular complexity index is 545. The summed E-state index contributed by atoms with van der Waals surface area (Å²) in [5.41, 5.74) is 6.65. The van der Waals surface area contributed by atoms with Crippen LogP contribution >= 0.6 is 23.4 Å². The summed E-state index contributed by atoms with van der Waals surface area (Å²) in [6, 6.07) is 4.91. The number of amides is 1. The molecule has 94 valence electrons. The fourth-order valence-electron chi connectivity index (χ4n) is 1.23. The van der Waals surface area contributed by atoms with Crippen LogP contribution in [-0.4, -0.2) is 16.6 Å². The van der Waals surface area contributed by atoms with Gasteiger partial charge in [-0.05, 0) is 18.2 Å². The molecule has 0 spiro atoms. The van der Waals surface area contributed by atoms with Gasteiger partial charge in [0.25, 0.3) is 5.22 Å². The molecule has 0 aliphatic heterocycles. The zero-order valence-electron chi connectivity index (χ0n) is 9.22. The van der Waals surface area contributed by atoms with E-state index in [0.29, 0.717) is 21.6 Å². The first-order chi connectivity index (χ1) is 8.65. The molecule has 0 bridgehead atoms. The maximum Gasteiger partial charge on any atom is 0.256 e. The highest BCUT2D eigenvalue weighted by atomic mass is 35.5. The van der Waals surface area contributed by atoms with E-state index in [4.69, 9.17) is 21.8 Å². The highest BCUT2D eigenvalue weighted by Gasteiger charge is 2.08. The molecule has 7 heteroatoms. The van der Waals surface area contributed by atoms with E-state index in [-0.39, 0.29) is 11.7 Å². The largest absolute Gasteiger partial charge is 0.440 e. The van der Waals surface area contributed by atoms with Crippen LogP contribution in [0.15, 0.2) is 40.3 Å². The highest BCUT2D eigenvalue weighted by molar-refractivity contribution is 7.99. The first-order valence-corrected chi connectivity index (χ1v) is 6.38. The van der Waals surface area contributed by atoms with Gasteiger partial charge >= 0.3 is 0 Å². The number of aromatic nitrogens is 1. The van der Waals surface area contributed by atoms with Crippen LogP contribution in [0.4, 0.5) is 11.4 Å². The van der Waals surface area contributed by atoms with Crippen molar-refractivity contribution in [3.8, 4) is 0 Å². The number of hydrogen-bond acceptors (Lipinski definition) is 5. The number of halogens is 1. The van der Waals surface area contributed by atoms with E-state index in [2.05, 4.69) is 10.3 Å². The van der Waals surface area contributed by atoms with E-state index in [1.165, 1.54) is 24.2 Å². The normalized spacial score (nSPS) is 10.3. The van der Waals surface area contributed by atoms with Crippen molar-refractivity contribution in [1.82, 2.24) is 4.98 Å². The molecule has 2 rings (SSSR count). The number of rotatable bonds is 4. The van der Waals surface area contributed by atoms with Gasteiger partial charge in [0.2, 0.25) is 5.91 Å². The Hall–Kier alpha value is -1.66. The summed E-state index contributed by atoms with van der Waals surface area (Å²) in [5.74, 6) is -0.0169. The van der Waals surface area contributed by atoms with Gasteiger partial charge in [-0.3, -0.25) is 4.79 Å². The van der Waals surface area contributed by atoms with Crippen LogP contribution in [0.25, 0.3) is 0 Å². The number of nitrogen functional groups attached to an aromatic ring is 1. The van der Waals surface area contributed by atoms with Gasteiger partial charge in [-0.2, -0.15) is 0 Å². The van der Waals surface area contributed by atoms with Gasteiger partial charge in [0.05, 0.1) is 22.7 Å². The van der Waals surface area contributed by atoms with Crippen LogP contribution < -0.4 is 11.1 Å². The Kier molecular flexibility index (Phi) is 4.11. The smallest absolute Gasteiger partial charge is 0.256 e. The summed E-state index contributed by atoms with van der Waals surface area (Å²) in [7, 11) is 0. The minimum absolute atomic E-state index is 0.186. The van der Waals surface area contributed by atoms with E-state index in [0.717, 1.165) is 0 Å². The predicted molar refractivity (Wildman–Crippen MR) is 71.7 cm³/mol. The van der Waals surface area contributed by atoms with Crippen molar-refractivity contribution < 1.29 is 9.21 Å². The number of nitrogens with zero attached hydrogens (tertiary/aromatic N) is 1. The third-order valence-corrected chi connectivity index (χ3v) is 3.19. The van der Waals surface area contributed by atoms with Gasteiger partial charge in [0.1, 0.15) is 6.26 Å². The summed E-state index contributed by atoms with van der Waals surface area (Å²) < 4.78 is 5.00. The number of carbonyl (C=O) groups excluding carboxylic acids is 1. The SMILES string of the molecule is Nc1ccc(Cl)c(NC(=O)CSc2ncco2)c1. The molecular weight excluding hydrogens is 274 g/mol. The summed E-state index contributed by atoms with van der Waals surface area (Å²) in [6.45, 7) is 0. The Balaban J connectivity index is 1.92. The number of thioether (sulfide) groups is 1. The average Bonchev–Trinajstić information content (AvgIpc) is 2.84. The number of anilines is 2. The number of hydrogen-bond donors (Lipinski definition) is 2. The molecular formula is C11H10ClN3O2S. The van der Waals surface area contributed by atoms with Gasteiger partial charge in [-0.15, -0.1) is 0 Å². The number of oxazole rings is 1. The van der Waals surface area contributed by atoms with Crippen LogP contribution in [0.2, 0.25) is 5.02 Å². The van der Waals surface area contributed by atoms with Crippen molar-refractivity contribution in [1.29, 1.82) is 0 Å². The number of nitrogens with one attached hydrogen (secondary N) is 1. The molecule has 0 saturated carbocycles. The van der Waals surface area contributed by atoms with E-state index in [1.807, 2.05) is 0 Å². The number of nitrogens with two attached hydrogens (primary N) is 1. The molecule has 0 saturated heterocycles. The maximum absolute atomic E-state index is 11.7. The van der Waals surface area contributed by atoms with E-state index in [1.54, 1.807) is 18.2 Å². The third-order valence-electron chi connectivity index (χ3n) is 2.00. The van der Waals surface area contributed by atoms with E-state index < -0.39 is 0 Å². The van der Waals surface area contributed by atoms with Gasteiger partial charge < -0.3 is 15.5 Å². The lowest BCUT2D eigenvalue weighted by Gasteiger charge is -2.07. The molecule has 5 nitrogen and oxygen atoms in total. The molecule has 0 aliphatic rings. The van der Waals surface area contributed by atoms with Crippen LogP contribution in [0, 0.1) is 0 Å². The Morgan fingerprint density at radius 3 is 3.11 bits per heavy atom. The van der Waals surface area contributed by atoms with Crippen molar-refractivity contribution >= 4 is 40.6 Å². The fraction of sp³-hybridized carbons (Fsp3) is 0.0909. The molecule has 18 heavy (non-hydrogen) atoms. The lowest BCUT2D eigenvalue weighted by molar-refractivity contribution is -0.113. The lowest BCUT2D eigenvalue weighted by Crippen LogP contribution is -2.14. The predicted octanol–water partition coefficient (Wildman–Crippen LogP) is 2.64. The highest BCUT2D eigenvalue weighted by Crippen LogP contribution is 2.24. The van der Waals surface area contributed by atoms with E-state index >= 15 is 0 Å². The van der Waals surface area contributed by atoms with Gasteiger partial charge in [0.15, 0.2) is 0 Å². The molecule has 0 aliphatic carbocycles. The van der Waals surface area contributed by atoms with Crippen molar-refractivity contribution in [2.45, 2.75) is 5.22 Å². The van der Waals surface area contributed by atoms with Crippen molar-refractivity contribution in [3.63, 3.8) is 0 Å². The van der Waals surface area contributed by atoms with Crippen molar-refractivity contribution in [2.24, 2.45) is 0 Å². The second-order valence-corrected chi connectivity index (χ2v) is 4.71. The van der Waals surface area contributed by atoms with Crippen LogP contribution in [0.1, 0.15) is 0 Å². The van der Waals surface area contributed by atoms with Gasteiger partial charge in [-0.1, -0.05) is 23.4 Å². The number of carbonyl (C=O) groups is 1. The minimum Gasteiger partial charge on any atom is -0.440 e. The summed E-state index contributed by atoms with van der Waals surface area (Å²) >= 11 is 7.13. The standard InChI is InChI=1S/C11H10ClN3O2S/c12-8-2-1-7(13)5-9(8)15-10(16)6-18-11-14-3-4-17-11/h1-5H,6,13H2,(H,15,16). The molecule has 3 N–H and O–H groups in total. The molecule has 1 aromatic heterocycles. The first kappa shape index (κ1) is 12.8.